The van der Waals surface area contributed by atoms with E-state index in [1.165, 1.54) is 4.90 Å². The minimum atomic E-state index is -0.791. The zero-order chi connectivity index (χ0) is 20.8. The molecule has 2 heterocycles. The van der Waals surface area contributed by atoms with Gasteiger partial charge in [-0.1, -0.05) is 30.0 Å². The number of hydrogen-bond donors (Lipinski definition) is 3. The van der Waals surface area contributed by atoms with Gasteiger partial charge < -0.3 is 21.1 Å². The first-order valence-electron chi connectivity index (χ1n) is 8.95. The number of thiophene rings is 1. The maximum Gasteiger partial charge on any atom is 0.341 e. The third-order valence-corrected chi connectivity index (χ3v) is 5.22. The second-order valence-electron chi connectivity index (χ2n) is 6.41. The van der Waals surface area contributed by atoms with Crippen LogP contribution < -0.4 is 16.8 Å². The molecule has 29 heavy (non-hydrogen) atoms. The fraction of sp³-hybridized carbons (Fsp3) is 0.250. The summed E-state index contributed by atoms with van der Waals surface area (Å²) in [5, 5.41) is 2.71. The van der Waals surface area contributed by atoms with Crippen molar-refractivity contribution in [1.29, 1.82) is 0 Å². The zero-order valence-electron chi connectivity index (χ0n) is 15.5. The van der Waals surface area contributed by atoms with Crippen LogP contribution in [0.1, 0.15) is 33.6 Å². The van der Waals surface area contributed by atoms with Crippen LogP contribution in [0.5, 0.6) is 0 Å². The minimum Gasteiger partial charge on any atom is -0.457 e. The molecule has 1 atom stereocenters. The van der Waals surface area contributed by atoms with Crippen molar-refractivity contribution in [2.45, 2.75) is 18.9 Å². The Bertz CT molecular complexity index is 977. The van der Waals surface area contributed by atoms with E-state index < -0.39 is 24.1 Å². The van der Waals surface area contributed by atoms with Gasteiger partial charge in [0.2, 0.25) is 0 Å². The molecule has 1 aliphatic rings. The van der Waals surface area contributed by atoms with Crippen molar-refractivity contribution in [2.24, 2.45) is 11.5 Å². The lowest BCUT2D eigenvalue weighted by Gasteiger charge is -2.31. The Morgan fingerprint density at radius 3 is 2.62 bits per heavy atom. The molecular weight excluding hydrogens is 392 g/mol. The Labute approximate surface area is 171 Å². The lowest BCUT2D eigenvalue weighted by Crippen LogP contribution is -2.46. The Morgan fingerprint density at radius 2 is 1.93 bits per heavy atom. The van der Waals surface area contributed by atoms with Gasteiger partial charge in [-0.15, -0.1) is 11.3 Å². The van der Waals surface area contributed by atoms with Gasteiger partial charge in [0.15, 0.2) is 0 Å². The van der Waals surface area contributed by atoms with E-state index in [0.29, 0.717) is 24.3 Å². The summed E-state index contributed by atoms with van der Waals surface area (Å²) >= 11 is 1.13. The van der Waals surface area contributed by atoms with Gasteiger partial charge in [-0.3, -0.25) is 5.32 Å². The molecule has 1 aromatic carbocycles. The molecule has 0 saturated carbocycles. The van der Waals surface area contributed by atoms with Crippen LogP contribution in [0.2, 0.25) is 0 Å². The number of likely N-dealkylation sites (tertiary alicyclic amines) is 1. The molecule has 8 nitrogen and oxygen atoms in total. The molecule has 2 aromatic rings. The van der Waals surface area contributed by atoms with Crippen LogP contribution in [0, 0.1) is 11.8 Å². The van der Waals surface area contributed by atoms with Crippen molar-refractivity contribution in [1.82, 2.24) is 4.90 Å². The molecule has 1 aliphatic heterocycles. The number of hydrogen-bond acceptors (Lipinski definition) is 5. The molecule has 0 spiro atoms. The fourth-order valence-corrected chi connectivity index (χ4v) is 3.82. The molecular formula is C20H20N4O4S. The van der Waals surface area contributed by atoms with Crippen molar-refractivity contribution in [3.8, 4) is 11.8 Å². The molecule has 3 rings (SSSR count). The molecule has 1 fully saturated rings. The number of primary amides is 2. The summed E-state index contributed by atoms with van der Waals surface area (Å²) in [5.74, 6) is 5.36. The number of carbonyl (C=O) groups is 3. The van der Waals surface area contributed by atoms with Gasteiger partial charge in [0, 0.05) is 12.1 Å². The molecule has 1 unspecified atom stereocenters. The van der Waals surface area contributed by atoms with Crippen molar-refractivity contribution >= 4 is 34.4 Å². The maximum atomic E-state index is 12.7. The van der Waals surface area contributed by atoms with Crippen LogP contribution >= 0.6 is 11.3 Å². The number of nitrogens with two attached hydrogens (primary N) is 2. The molecule has 1 aromatic heterocycles. The molecule has 1 saturated heterocycles. The summed E-state index contributed by atoms with van der Waals surface area (Å²) < 4.78 is 5.53. The summed E-state index contributed by atoms with van der Waals surface area (Å²) in [5.41, 5.74) is 11.5. The Kier molecular flexibility index (Phi) is 6.36. The smallest absolute Gasteiger partial charge is 0.341 e. The van der Waals surface area contributed by atoms with Crippen LogP contribution in [0.3, 0.4) is 0 Å². The van der Waals surface area contributed by atoms with E-state index in [4.69, 9.17) is 16.2 Å². The molecule has 0 aliphatic carbocycles. The van der Waals surface area contributed by atoms with Crippen LogP contribution in [-0.2, 0) is 4.74 Å². The number of amides is 4. The molecule has 4 amide bonds. The zero-order valence-corrected chi connectivity index (χ0v) is 16.3. The summed E-state index contributed by atoms with van der Waals surface area (Å²) in [4.78, 5) is 37.4. The van der Waals surface area contributed by atoms with E-state index >= 15 is 0 Å². The quantitative estimate of drug-likeness (QED) is 0.528. The largest absolute Gasteiger partial charge is 0.457 e. The fourth-order valence-electron chi connectivity index (χ4n) is 2.91. The first kappa shape index (κ1) is 20.2. The predicted octanol–water partition coefficient (Wildman–Crippen LogP) is 2.34. The van der Waals surface area contributed by atoms with E-state index in [1.807, 2.05) is 30.3 Å². The Hall–Kier alpha value is -3.51. The Balaban J connectivity index is 1.78. The van der Waals surface area contributed by atoms with E-state index in [9.17, 15) is 14.4 Å². The maximum absolute atomic E-state index is 12.7. The highest BCUT2D eigenvalue weighted by molar-refractivity contribution is 7.17. The summed E-state index contributed by atoms with van der Waals surface area (Å²) in [6, 6.07) is 9.60. The molecule has 9 heteroatoms. The average molecular weight is 412 g/mol. The number of ether oxygens (including phenoxy) is 1. The number of carbonyl (C=O) groups excluding carboxylic acids is 3. The van der Waals surface area contributed by atoms with Crippen LogP contribution in [0.15, 0.2) is 36.4 Å². The van der Waals surface area contributed by atoms with E-state index in [0.717, 1.165) is 16.9 Å². The van der Waals surface area contributed by atoms with Crippen LogP contribution in [-0.4, -0.2) is 42.1 Å². The second-order valence-corrected chi connectivity index (χ2v) is 7.46. The van der Waals surface area contributed by atoms with Gasteiger partial charge in [0.25, 0.3) is 0 Å². The van der Waals surface area contributed by atoms with Gasteiger partial charge in [-0.05, 0) is 31.0 Å². The number of anilines is 1. The average Bonchev–Trinajstić information content (AvgIpc) is 3.09. The molecule has 0 radical (unpaired) electrons. The van der Waals surface area contributed by atoms with Crippen molar-refractivity contribution in [3.05, 3.63) is 52.4 Å². The molecule has 5 N–H and O–H groups in total. The number of benzene rings is 1. The second kappa shape index (κ2) is 9.12. The molecule has 0 bridgehead atoms. The van der Waals surface area contributed by atoms with E-state index in [2.05, 4.69) is 17.2 Å². The first-order chi connectivity index (χ1) is 13.9. The van der Waals surface area contributed by atoms with Crippen LogP contribution in [0.4, 0.5) is 14.6 Å². The van der Waals surface area contributed by atoms with Crippen molar-refractivity contribution < 1.29 is 19.1 Å². The van der Waals surface area contributed by atoms with E-state index in [-0.39, 0.29) is 17.1 Å². The SMILES string of the molecule is NC(=O)Nc1sc(C#Cc2ccccc2)cc1C(=O)OC1CCCN(C(N)=O)C1. The number of piperidine rings is 1. The standard InChI is InChI=1S/C20H20N4O4S/c21-19(26)23-17-16(11-15(29-17)9-8-13-5-2-1-3-6-13)18(25)28-14-7-4-10-24(12-14)20(22)27/h1-3,5-6,11,14H,4,7,10,12H2,(H2,22,27)(H3,21,23,26). The number of urea groups is 2. The Morgan fingerprint density at radius 1 is 1.17 bits per heavy atom. The number of nitrogens with one attached hydrogen (secondary N) is 1. The number of rotatable bonds is 3. The summed E-state index contributed by atoms with van der Waals surface area (Å²) in [6.07, 6.45) is 0.841. The molecule has 150 valence electrons. The summed E-state index contributed by atoms with van der Waals surface area (Å²) in [6.45, 7) is 0.778. The van der Waals surface area contributed by atoms with Crippen molar-refractivity contribution in [3.63, 3.8) is 0 Å². The number of esters is 1. The van der Waals surface area contributed by atoms with Gasteiger partial charge >= 0.3 is 18.0 Å². The predicted molar refractivity (Wildman–Crippen MR) is 110 cm³/mol. The first-order valence-corrected chi connectivity index (χ1v) is 9.76. The monoisotopic (exact) mass is 412 g/mol. The highest BCUT2D eigenvalue weighted by atomic mass is 32.1. The van der Waals surface area contributed by atoms with Crippen molar-refractivity contribution in [2.75, 3.05) is 18.4 Å². The normalized spacial score (nSPS) is 15.7. The van der Waals surface area contributed by atoms with Crippen LogP contribution in [0.25, 0.3) is 0 Å². The number of nitrogens with zero attached hydrogens (tertiary/aromatic N) is 1. The van der Waals surface area contributed by atoms with Gasteiger partial charge in [-0.25, -0.2) is 14.4 Å². The minimum absolute atomic E-state index is 0.169. The topological polar surface area (TPSA) is 128 Å². The third-order valence-electron chi connectivity index (χ3n) is 4.26. The highest BCUT2D eigenvalue weighted by Gasteiger charge is 2.27. The lowest BCUT2D eigenvalue weighted by molar-refractivity contribution is 0.0129. The third kappa shape index (κ3) is 5.49. The summed E-state index contributed by atoms with van der Waals surface area (Å²) in [7, 11) is 0. The lowest BCUT2D eigenvalue weighted by atomic mass is 10.1. The van der Waals surface area contributed by atoms with Gasteiger partial charge in [-0.2, -0.15) is 0 Å². The van der Waals surface area contributed by atoms with E-state index in [1.54, 1.807) is 6.07 Å². The van der Waals surface area contributed by atoms with Gasteiger partial charge in [0.1, 0.15) is 11.1 Å². The van der Waals surface area contributed by atoms with Gasteiger partial charge in [0.05, 0.1) is 17.0 Å². The highest BCUT2D eigenvalue weighted by Crippen LogP contribution is 2.29.